The number of benzene rings is 1. The zero-order valence-corrected chi connectivity index (χ0v) is 11.8. The van der Waals surface area contributed by atoms with Gasteiger partial charge in [0.1, 0.15) is 0 Å². The van der Waals surface area contributed by atoms with Gasteiger partial charge in [0.25, 0.3) is 5.91 Å². The SMILES string of the molecule is Cc1cccc(NC(=O)c2cncc(C#CCCO)c2)c1. The number of hydrogen-bond acceptors (Lipinski definition) is 3. The van der Waals surface area contributed by atoms with Gasteiger partial charge in [-0.3, -0.25) is 9.78 Å². The molecule has 0 aliphatic carbocycles. The Morgan fingerprint density at radius 3 is 2.95 bits per heavy atom. The van der Waals surface area contributed by atoms with E-state index in [9.17, 15) is 4.79 Å². The van der Waals surface area contributed by atoms with Crippen molar-refractivity contribution >= 4 is 11.6 Å². The highest BCUT2D eigenvalue weighted by molar-refractivity contribution is 6.04. The molecule has 4 heteroatoms. The van der Waals surface area contributed by atoms with E-state index in [1.165, 1.54) is 6.20 Å². The van der Waals surface area contributed by atoms with Crippen molar-refractivity contribution in [1.82, 2.24) is 4.98 Å². The van der Waals surface area contributed by atoms with Crippen LogP contribution in [0.4, 0.5) is 5.69 Å². The van der Waals surface area contributed by atoms with Crippen LogP contribution in [-0.4, -0.2) is 22.6 Å². The molecule has 1 heterocycles. The lowest BCUT2D eigenvalue weighted by atomic mass is 10.2. The zero-order valence-electron chi connectivity index (χ0n) is 11.8. The number of aliphatic hydroxyl groups excluding tert-OH is 1. The number of aryl methyl sites for hydroxylation is 1. The van der Waals surface area contributed by atoms with E-state index in [2.05, 4.69) is 22.1 Å². The second-order valence-electron chi connectivity index (χ2n) is 4.56. The van der Waals surface area contributed by atoms with Gasteiger partial charge in [0, 0.05) is 30.1 Å². The predicted molar refractivity (Wildman–Crippen MR) is 82.0 cm³/mol. The quantitative estimate of drug-likeness (QED) is 0.849. The largest absolute Gasteiger partial charge is 0.395 e. The van der Waals surface area contributed by atoms with Crippen LogP contribution in [0.25, 0.3) is 0 Å². The Bertz CT molecular complexity index is 699. The molecule has 0 radical (unpaired) electrons. The fraction of sp³-hybridized carbons (Fsp3) is 0.176. The van der Waals surface area contributed by atoms with Crippen molar-refractivity contribution in [2.24, 2.45) is 0 Å². The van der Waals surface area contributed by atoms with Crippen LogP contribution in [0.15, 0.2) is 42.7 Å². The van der Waals surface area contributed by atoms with E-state index in [-0.39, 0.29) is 12.5 Å². The Labute approximate surface area is 123 Å². The highest BCUT2D eigenvalue weighted by Gasteiger charge is 2.07. The van der Waals surface area contributed by atoms with Gasteiger partial charge in [-0.05, 0) is 30.7 Å². The molecule has 106 valence electrons. The van der Waals surface area contributed by atoms with Gasteiger partial charge in [0.2, 0.25) is 0 Å². The molecule has 1 aromatic heterocycles. The first-order valence-corrected chi connectivity index (χ1v) is 6.62. The Balaban J connectivity index is 2.13. The zero-order chi connectivity index (χ0) is 15.1. The van der Waals surface area contributed by atoms with Crippen molar-refractivity contribution in [1.29, 1.82) is 0 Å². The summed E-state index contributed by atoms with van der Waals surface area (Å²) < 4.78 is 0. The summed E-state index contributed by atoms with van der Waals surface area (Å²) in [6.45, 7) is 1.99. The minimum absolute atomic E-state index is 0.0218. The normalized spacial score (nSPS) is 9.62. The standard InChI is InChI=1S/C17H16N2O2/c1-13-5-4-7-16(9-13)19-17(21)15-10-14(11-18-12-15)6-2-3-8-20/h4-5,7,9-12,20H,3,8H2,1H3,(H,19,21). The van der Waals surface area contributed by atoms with Crippen LogP contribution in [0.5, 0.6) is 0 Å². The van der Waals surface area contributed by atoms with E-state index in [4.69, 9.17) is 5.11 Å². The first-order valence-electron chi connectivity index (χ1n) is 6.62. The maximum atomic E-state index is 12.2. The number of aliphatic hydroxyl groups is 1. The third-order valence-corrected chi connectivity index (χ3v) is 2.75. The number of pyridine rings is 1. The number of aromatic nitrogens is 1. The topological polar surface area (TPSA) is 62.2 Å². The Morgan fingerprint density at radius 2 is 2.19 bits per heavy atom. The molecule has 1 amide bonds. The van der Waals surface area contributed by atoms with E-state index in [0.717, 1.165) is 11.3 Å². The number of rotatable bonds is 3. The maximum Gasteiger partial charge on any atom is 0.257 e. The lowest BCUT2D eigenvalue weighted by Crippen LogP contribution is -2.12. The fourth-order valence-corrected chi connectivity index (χ4v) is 1.78. The first kappa shape index (κ1) is 14.8. The van der Waals surface area contributed by atoms with Crippen molar-refractivity contribution in [2.45, 2.75) is 13.3 Å². The second kappa shape index (κ2) is 7.22. The smallest absolute Gasteiger partial charge is 0.257 e. The van der Waals surface area contributed by atoms with E-state index in [0.29, 0.717) is 17.5 Å². The fourth-order valence-electron chi connectivity index (χ4n) is 1.78. The van der Waals surface area contributed by atoms with Gasteiger partial charge in [-0.25, -0.2) is 0 Å². The van der Waals surface area contributed by atoms with Crippen molar-refractivity contribution in [3.8, 4) is 11.8 Å². The minimum atomic E-state index is -0.223. The molecule has 4 nitrogen and oxygen atoms in total. The Kier molecular flexibility index (Phi) is 5.08. The Hall–Kier alpha value is -2.64. The van der Waals surface area contributed by atoms with Gasteiger partial charge >= 0.3 is 0 Å². The van der Waals surface area contributed by atoms with Crippen LogP contribution in [0.1, 0.15) is 27.9 Å². The van der Waals surface area contributed by atoms with Gasteiger partial charge in [0.05, 0.1) is 12.2 Å². The number of carbonyl (C=O) groups is 1. The highest BCUT2D eigenvalue weighted by Crippen LogP contribution is 2.11. The summed E-state index contributed by atoms with van der Waals surface area (Å²) in [4.78, 5) is 16.2. The van der Waals surface area contributed by atoms with Crippen molar-refractivity contribution in [3.63, 3.8) is 0 Å². The molecule has 0 atom stereocenters. The number of carbonyl (C=O) groups excluding carboxylic acids is 1. The molecule has 1 aromatic carbocycles. The first-order chi connectivity index (χ1) is 10.2. The van der Waals surface area contributed by atoms with Crippen molar-refractivity contribution in [2.75, 3.05) is 11.9 Å². The molecule has 21 heavy (non-hydrogen) atoms. The number of amides is 1. The van der Waals surface area contributed by atoms with Gasteiger partial charge in [-0.2, -0.15) is 0 Å². The lowest BCUT2D eigenvalue weighted by Gasteiger charge is -2.06. The minimum Gasteiger partial charge on any atom is -0.395 e. The van der Waals surface area contributed by atoms with Crippen LogP contribution >= 0.6 is 0 Å². The molecule has 2 N–H and O–H groups in total. The number of anilines is 1. The molecular formula is C17H16N2O2. The van der Waals surface area contributed by atoms with Crippen LogP contribution in [0.2, 0.25) is 0 Å². The number of nitrogens with one attached hydrogen (secondary N) is 1. The van der Waals surface area contributed by atoms with Crippen LogP contribution in [-0.2, 0) is 0 Å². The molecule has 0 aliphatic heterocycles. The predicted octanol–water partition coefficient (Wildman–Crippen LogP) is 2.38. The summed E-state index contributed by atoms with van der Waals surface area (Å²) in [5.41, 5.74) is 2.93. The van der Waals surface area contributed by atoms with Crippen LogP contribution < -0.4 is 5.32 Å². The van der Waals surface area contributed by atoms with E-state index >= 15 is 0 Å². The average Bonchev–Trinajstić information content (AvgIpc) is 2.48. The highest BCUT2D eigenvalue weighted by atomic mass is 16.2. The van der Waals surface area contributed by atoms with Gasteiger partial charge in [-0.1, -0.05) is 24.0 Å². The van der Waals surface area contributed by atoms with Crippen molar-refractivity contribution in [3.05, 3.63) is 59.4 Å². The maximum absolute atomic E-state index is 12.2. The second-order valence-corrected chi connectivity index (χ2v) is 4.56. The Morgan fingerprint density at radius 1 is 1.33 bits per heavy atom. The van der Waals surface area contributed by atoms with E-state index in [1.807, 2.05) is 31.2 Å². The molecule has 0 spiro atoms. The van der Waals surface area contributed by atoms with Crippen molar-refractivity contribution < 1.29 is 9.90 Å². The van der Waals surface area contributed by atoms with Gasteiger partial charge in [-0.15, -0.1) is 0 Å². The molecular weight excluding hydrogens is 264 g/mol. The summed E-state index contributed by atoms with van der Waals surface area (Å²) in [5.74, 6) is 5.44. The number of nitrogens with zero attached hydrogens (tertiary/aromatic N) is 1. The molecule has 0 fully saturated rings. The summed E-state index contributed by atoms with van der Waals surface area (Å²) in [6, 6.07) is 9.27. The molecule has 2 aromatic rings. The molecule has 0 aliphatic rings. The summed E-state index contributed by atoms with van der Waals surface area (Å²) in [5, 5.41) is 11.5. The summed E-state index contributed by atoms with van der Waals surface area (Å²) in [6.07, 6.45) is 3.50. The van der Waals surface area contributed by atoms with E-state index in [1.54, 1.807) is 12.3 Å². The third-order valence-electron chi connectivity index (χ3n) is 2.75. The lowest BCUT2D eigenvalue weighted by molar-refractivity contribution is 0.102. The van der Waals surface area contributed by atoms with E-state index < -0.39 is 0 Å². The van der Waals surface area contributed by atoms with Crippen LogP contribution in [0.3, 0.4) is 0 Å². The summed E-state index contributed by atoms with van der Waals surface area (Å²) in [7, 11) is 0. The van der Waals surface area contributed by atoms with Gasteiger partial charge < -0.3 is 10.4 Å². The molecule has 0 bridgehead atoms. The van der Waals surface area contributed by atoms with Crippen LogP contribution in [0, 0.1) is 18.8 Å². The molecule has 0 unspecified atom stereocenters. The molecule has 2 rings (SSSR count). The molecule has 0 saturated carbocycles. The summed E-state index contributed by atoms with van der Waals surface area (Å²) >= 11 is 0. The average molecular weight is 280 g/mol. The third kappa shape index (κ3) is 4.44. The molecule has 0 saturated heterocycles. The monoisotopic (exact) mass is 280 g/mol. The van der Waals surface area contributed by atoms with Gasteiger partial charge in [0.15, 0.2) is 0 Å². The number of hydrogen-bond donors (Lipinski definition) is 2.